The molecule has 2 N–H and O–H groups in total. The first kappa shape index (κ1) is 21.5. The van der Waals surface area contributed by atoms with Crippen LogP contribution in [0, 0.1) is 0 Å². The molecule has 0 spiro atoms. The molecule has 0 fully saturated rings. The zero-order chi connectivity index (χ0) is 21.7. The van der Waals surface area contributed by atoms with Gasteiger partial charge in [-0.1, -0.05) is 43.3 Å². The van der Waals surface area contributed by atoms with Crippen molar-refractivity contribution in [1.82, 2.24) is 4.98 Å². The number of carbonyl (C=O) groups is 1. The quantitative estimate of drug-likeness (QED) is 0.520. The molecule has 0 aliphatic carbocycles. The zero-order valence-electron chi connectivity index (χ0n) is 16.3. The van der Waals surface area contributed by atoms with Crippen LogP contribution < -0.4 is 9.46 Å². The number of aromatic carboxylic acids is 1. The van der Waals surface area contributed by atoms with Crippen LogP contribution >= 0.6 is 11.3 Å². The maximum atomic E-state index is 12.8. The normalized spacial score (nSPS) is 11.5. The number of hydrogen-bond donors (Lipinski definition) is 2. The summed E-state index contributed by atoms with van der Waals surface area (Å²) in [4.78, 5) is 15.3. The van der Waals surface area contributed by atoms with E-state index in [9.17, 15) is 13.2 Å². The van der Waals surface area contributed by atoms with Crippen LogP contribution in [0.4, 0.5) is 5.69 Å². The highest BCUT2D eigenvalue weighted by Crippen LogP contribution is 2.32. The molecule has 156 valence electrons. The van der Waals surface area contributed by atoms with Gasteiger partial charge in [-0.3, -0.25) is 4.72 Å². The average molecular weight is 445 g/mol. The van der Waals surface area contributed by atoms with Crippen LogP contribution in [0.2, 0.25) is 0 Å². The number of methoxy groups -OCH3 is 1. The SMILES string of the molecule is CC/C=C/c1ccc(-c2ncc(S(=O)(=O)Nc3ccc(C(=O)O)cc3OC)s2)cc1. The smallest absolute Gasteiger partial charge is 0.335 e. The molecule has 2 aromatic carbocycles. The Morgan fingerprint density at radius 1 is 1.23 bits per heavy atom. The third-order valence-electron chi connectivity index (χ3n) is 4.15. The van der Waals surface area contributed by atoms with Crippen LogP contribution in [-0.2, 0) is 10.0 Å². The standard InChI is InChI=1S/C21H20N2O5S2/c1-3-4-5-14-6-8-15(9-7-14)20-22-13-19(29-20)30(26,27)23-17-11-10-16(21(24)25)12-18(17)28-2/h4-13,23H,3H2,1-2H3,(H,24,25)/b5-4+. The van der Waals surface area contributed by atoms with Gasteiger partial charge in [0.25, 0.3) is 10.0 Å². The Morgan fingerprint density at radius 3 is 2.60 bits per heavy atom. The minimum Gasteiger partial charge on any atom is -0.495 e. The van der Waals surface area contributed by atoms with Gasteiger partial charge in [-0.05, 0) is 30.2 Å². The van der Waals surface area contributed by atoms with Gasteiger partial charge in [-0.15, -0.1) is 11.3 Å². The van der Waals surface area contributed by atoms with Crippen molar-refractivity contribution in [2.24, 2.45) is 0 Å². The van der Waals surface area contributed by atoms with Crippen molar-refractivity contribution in [2.75, 3.05) is 11.8 Å². The number of rotatable bonds is 8. The van der Waals surface area contributed by atoms with Crippen molar-refractivity contribution >= 4 is 39.1 Å². The Kier molecular flexibility index (Phi) is 6.53. The Morgan fingerprint density at radius 2 is 1.97 bits per heavy atom. The van der Waals surface area contributed by atoms with Crippen LogP contribution in [0.15, 0.2) is 58.9 Å². The molecule has 3 rings (SSSR count). The summed E-state index contributed by atoms with van der Waals surface area (Å²) in [7, 11) is -2.58. The van der Waals surface area contributed by atoms with Gasteiger partial charge in [0, 0.05) is 5.56 Å². The number of carboxylic acids is 1. The number of sulfonamides is 1. The van der Waals surface area contributed by atoms with Crippen molar-refractivity contribution < 1.29 is 23.1 Å². The van der Waals surface area contributed by atoms with Crippen molar-refractivity contribution in [3.8, 4) is 16.3 Å². The Balaban J connectivity index is 1.84. The van der Waals surface area contributed by atoms with Gasteiger partial charge >= 0.3 is 5.97 Å². The van der Waals surface area contributed by atoms with Gasteiger partial charge in [0.2, 0.25) is 0 Å². The van der Waals surface area contributed by atoms with E-state index in [2.05, 4.69) is 22.7 Å². The Bertz CT molecular complexity index is 1180. The van der Waals surface area contributed by atoms with Crippen LogP contribution in [0.5, 0.6) is 5.75 Å². The predicted molar refractivity (Wildman–Crippen MR) is 118 cm³/mol. The highest BCUT2D eigenvalue weighted by molar-refractivity contribution is 7.94. The summed E-state index contributed by atoms with van der Waals surface area (Å²) in [5, 5.41) is 9.65. The number of benzene rings is 2. The number of allylic oxidation sites excluding steroid dienone is 1. The molecule has 0 aliphatic heterocycles. The van der Waals surface area contributed by atoms with Gasteiger partial charge < -0.3 is 9.84 Å². The molecule has 0 atom stereocenters. The fourth-order valence-electron chi connectivity index (χ4n) is 2.61. The predicted octanol–water partition coefficient (Wildman–Crippen LogP) is 4.74. The van der Waals surface area contributed by atoms with E-state index >= 15 is 0 Å². The number of thiazole rings is 1. The molecule has 0 aliphatic rings. The third-order valence-corrected chi connectivity index (χ3v) is 7.02. The van der Waals surface area contributed by atoms with E-state index < -0.39 is 16.0 Å². The van der Waals surface area contributed by atoms with Gasteiger partial charge in [-0.25, -0.2) is 18.2 Å². The lowest BCUT2D eigenvalue weighted by atomic mass is 10.1. The summed E-state index contributed by atoms with van der Waals surface area (Å²) >= 11 is 1.04. The second-order valence-electron chi connectivity index (χ2n) is 6.24. The van der Waals surface area contributed by atoms with Gasteiger partial charge in [0.1, 0.15) is 10.8 Å². The number of aromatic nitrogens is 1. The topological polar surface area (TPSA) is 106 Å². The van der Waals surface area contributed by atoms with Gasteiger partial charge in [0.15, 0.2) is 4.21 Å². The number of nitrogens with one attached hydrogen (secondary N) is 1. The van der Waals surface area contributed by atoms with E-state index in [1.165, 1.54) is 31.5 Å². The molecule has 0 bridgehead atoms. The number of anilines is 1. The zero-order valence-corrected chi connectivity index (χ0v) is 18.0. The third kappa shape index (κ3) is 4.87. The summed E-state index contributed by atoms with van der Waals surface area (Å²) < 4.78 is 33.2. The maximum absolute atomic E-state index is 12.8. The number of carboxylic acid groups (broad SMARTS) is 1. The van der Waals surface area contributed by atoms with Crippen molar-refractivity contribution in [3.63, 3.8) is 0 Å². The highest BCUT2D eigenvalue weighted by atomic mass is 32.2. The van der Waals surface area contributed by atoms with Crippen molar-refractivity contribution in [3.05, 3.63) is 65.9 Å². The van der Waals surface area contributed by atoms with E-state index in [0.29, 0.717) is 5.01 Å². The Labute approximate surface area is 178 Å². The molecule has 0 amide bonds. The largest absolute Gasteiger partial charge is 0.495 e. The monoisotopic (exact) mass is 444 g/mol. The molecule has 3 aromatic rings. The van der Waals surface area contributed by atoms with Crippen molar-refractivity contribution in [1.29, 1.82) is 0 Å². The van der Waals surface area contributed by atoms with Crippen LogP contribution in [0.25, 0.3) is 16.6 Å². The van der Waals surface area contributed by atoms with Crippen LogP contribution in [-0.4, -0.2) is 31.6 Å². The molecule has 0 radical (unpaired) electrons. The molecule has 1 heterocycles. The Hall–Kier alpha value is -3.17. The maximum Gasteiger partial charge on any atom is 0.335 e. The minimum atomic E-state index is -3.92. The summed E-state index contributed by atoms with van der Waals surface area (Å²) in [5.41, 5.74) is 2.01. The second-order valence-corrected chi connectivity index (χ2v) is 9.18. The van der Waals surface area contributed by atoms with E-state index in [0.717, 1.165) is 28.9 Å². The first-order chi connectivity index (χ1) is 14.3. The molecular formula is C21H20N2O5S2. The van der Waals surface area contributed by atoms with E-state index in [-0.39, 0.29) is 21.2 Å². The summed E-state index contributed by atoms with van der Waals surface area (Å²) in [6.45, 7) is 2.06. The number of ether oxygens (including phenoxy) is 1. The summed E-state index contributed by atoms with van der Waals surface area (Å²) in [6.07, 6.45) is 6.33. The summed E-state index contributed by atoms with van der Waals surface area (Å²) in [6, 6.07) is 11.6. The number of nitrogens with zero attached hydrogens (tertiary/aromatic N) is 1. The first-order valence-electron chi connectivity index (χ1n) is 9.01. The lowest BCUT2D eigenvalue weighted by Crippen LogP contribution is -2.12. The fraction of sp³-hybridized carbons (Fsp3) is 0.143. The molecule has 9 heteroatoms. The first-order valence-corrected chi connectivity index (χ1v) is 11.3. The van der Waals surface area contributed by atoms with Crippen LogP contribution in [0.1, 0.15) is 29.3 Å². The van der Waals surface area contributed by atoms with E-state index in [4.69, 9.17) is 9.84 Å². The van der Waals surface area contributed by atoms with E-state index in [1.54, 1.807) is 0 Å². The van der Waals surface area contributed by atoms with Gasteiger partial charge in [-0.2, -0.15) is 0 Å². The molecule has 0 saturated heterocycles. The highest BCUT2D eigenvalue weighted by Gasteiger charge is 2.21. The lowest BCUT2D eigenvalue weighted by molar-refractivity contribution is 0.0696. The fourth-order valence-corrected chi connectivity index (χ4v) is 4.82. The average Bonchev–Trinajstić information content (AvgIpc) is 3.24. The number of hydrogen-bond acceptors (Lipinski definition) is 6. The molecule has 30 heavy (non-hydrogen) atoms. The van der Waals surface area contributed by atoms with Gasteiger partial charge in [0.05, 0.1) is 24.6 Å². The van der Waals surface area contributed by atoms with Crippen molar-refractivity contribution in [2.45, 2.75) is 17.6 Å². The second kappa shape index (κ2) is 9.10. The summed E-state index contributed by atoms with van der Waals surface area (Å²) in [5.74, 6) is -1.02. The van der Waals surface area contributed by atoms with Crippen LogP contribution in [0.3, 0.4) is 0 Å². The lowest BCUT2D eigenvalue weighted by Gasteiger charge is -2.11. The molecule has 1 aromatic heterocycles. The molecular weight excluding hydrogens is 424 g/mol. The minimum absolute atomic E-state index is 0.00731. The molecule has 7 nitrogen and oxygen atoms in total. The molecule has 0 unspecified atom stereocenters. The van der Waals surface area contributed by atoms with E-state index in [1.807, 2.05) is 30.3 Å². The molecule has 0 saturated carbocycles.